The minimum absolute atomic E-state index is 0.170. The second-order valence-electron chi connectivity index (χ2n) is 6.91. The van der Waals surface area contributed by atoms with E-state index in [4.69, 9.17) is 9.15 Å². The van der Waals surface area contributed by atoms with Crippen molar-refractivity contribution < 1.29 is 18.7 Å². The van der Waals surface area contributed by atoms with Gasteiger partial charge >= 0.3 is 0 Å². The number of fused-ring (bicyclic) bond motifs is 1. The molecule has 2 aromatic carbocycles. The predicted molar refractivity (Wildman–Crippen MR) is 115 cm³/mol. The van der Waals surface area contributed by atoms with E-state index in [2.05, 4.69) is 10.6 Å². The van der Waals surface area contributed by atoms with Gasteiger partial charge in [0.05, 0.1) is 7.11 Å². The smallest absolute Gasteiger partial charge is 0.248 e. The predicted octanol–water partition coefficient (Wildman–Crippen LogP) is 5.06. The van der Waals surface area contributed by atoms with Gasteiger partial charge in [-0.3, -0.25) is 9.59 Å². The van der Waals surface area contributed by atoms with Crippen LogP contribution in [0.2, 0.25) is 0 Å². The zero-order valence-corrected chi connectivity index (χ0v) is 17.2. The standard InChI is InChI=1S/C23H24N2O4/c1-13(9-23(27)25-18-8-6-7-17(10-18)24-16(4)26)19-11-20-14(2)15(3)29-22(20)12-21(19)28-5/h6-12H,1-5H3,(H,24,26)(H,25,27)/b13-9+. The average Bonchev–Trinajstić information content (AvgIpc) is 2.93. The molecule has 2 amide bonds. The summed E-state index contributed by atoms with van der Waals surface area (Å²) in [7, 11) is 1.59. The molecule has 0 bridgehead atoms. The molecule has 0 unspecified atom stereocenters. The van der Waals surface area contributed by atoms with Crippen LogP contribution in [0, 0.1) is 13.8 Å². The van der Waals surface area contributed by atoms with E-state index in [1.807, 2.05) is 32.9 Å². The van der Waals surface area contributed by atoms with Gasteiger partial charge < -0.3 is 19.8 Å². The number of amides is 2. The zero-order valence-electron chi connectivity index (χ0n) is 17.2. The molecule has 6 heteroatoms. The largest absolute Gasteiger partial charge is 0.496 e. The molecule has 0 fully saturated rings. The van der Waals surface area contributed by atoms with Gasteiger partial charge in [-0.15, -0.1) is 0 Å². The third kappa shape index (κ3) is 4.48. The summed E-state index contributed by atoms with van der Waals surface area (Å²) < 4.78 is 11.3. The number of anilines is 2. The highest BCUT2D eigenvalue weighted by molar-refractivity contribution is 6.05. The third-order valence-electron chi connectivity index (χ3n) is 4.72. The van der Waals surface area contributed by atoms with Crippen molar-refractivity contribution in [1.82, 2.24) is 0 Å². The lowest BCUT2D eigenvalue weighted by Gasteiger charge is -2.10. The summed E-state index contributed by atoms with van der Waals surface area (Å²) in [5, 5.41) is 6.51. The van der Waals surface area contributed by atoms with Crippen LogP contribution in [0.25, 0.3) is 16.5 Å². The Kier molecular flexibility index (Phi) is 5.73. The molecule has 3 aromatic rings. The van der Waals surface area contributed by atoms with Gasteiger partial charge in [0.2, 0.25) is 11.8 Å². The van der Waals surface area contributed by atoms with Gasteiger partial charge in [-0.2, -0.15) is 0 Å². The van der Waals surface area contributed by atoms with Gasteiger partial charge in [0.25, 0.3) is 0 Å². The summed E-state index contributed by atoms with van der Waals surface area (Å²) in [5.41, 5.74) is 4.62. The summed E-state index contributed by atoms with van der Waals surface area (Å²) in [6.45, 7) is 7.22. The summed E-state index contributed by atoms with van der Waals surface area (Å²) in [6, 6.07) is 10.8. The molecule has 0 atom stereocenters. The van der Waals surface area contributed by atoms with Crippen molar-refractivity contribution in [3.8, 4) is 5.75 Å². The number of hydrogen-bond donors (Lipinski definition) is 2. The summed E-state index contributed by atoms with van der Waals surface area (Å²) in [5.74, 6) is 1.05. The molecule has 0 radical (unpaired) electrons. The number of allylic oxidation sites excluding steroid dienone is 1. The Bertz CT molecular complexity index is 1130. The number of rotatable bonds is 5. The van der Waals surface area contributed by atoms with Gasteiger partial charge in [-0.05, 0) is 56.2 Å². The maximum atomic E-state index is 12.5. The van der Waals surface area contributed by atoms with E-state index in [0.717, 1.165) is 33.4 Å². The zero-order chi connectivity index (χ0) is 21.1. The molecule has 0 aliphatic heterocycles. The number of nitrogens with one attached hydrogen (secondary N) is 2. The first-order valence-electron chi connectivity index (χ1n) is 9.23. The molecule has 150 valence electrons. The van der Waals surface area contributed by atoms with Crippen LogP contribution >= 0.6 is 0 Å². The number of hydrogen-bond acceptors (Lipinski definition) is 4. The third-order valence-corrected chi connectivity index (χ3v) is 4.72. The number of aryl methyl sites for hydroxylation is 2. The summed E-state index contributed by atoms with van der Waals surface area (Å²) in [4.78, 5) is 23.7. The first-order valence-corrected chi connectivity index (χ1v) is 9.23. The van der Waals surface area contributed by atoms with Crippen molar-refractivity contribution in [2.75, 3.05) is 17.7 Å². The molecular formula is C23H24N2O4. The van der Waals surface area contributed by atoms with Crippen molar-refractivity contribution in [1.29, 1.82) is 0 Å². The number of carbonyl (C=O) groups excluding carboxylic acids is 2. The van der Waals surface area contributed by atoms with Crippen LogP contribution in [0.5, 0.6) is 5.75 Å². The number of ether oxygens (including phenoxy) is 1. The van der Waals surface area contributed by atoms with Crippen LogP contribution in [0.1, 0.15) is 30.7 Å². The van der Waals surface area contributed by atoms with Crippen LogP contribution in [-0.4, -0.2) is 18.9 Å². The van der Waals surface area contributed by atoms with Crippen LogP contribution in [0.15, 0.2) is 46.9 Å². The van der Waals surface area contributed by atoms with Crippen LogP contribution in [0.3, 0.4) is 0 Å². The molecule has 3 rings (SSSR count). The van der Waals surface area contributed by atoms with E-state index >= 15 is 0 Å². The van der Waals surface area contributed by atoms with Crippen molar-refractivity contribution in [2.24, 2.45) is 0 Å². The Morgan fingerprint density at radius 3 is 2.38 bits per heavy atom. The number of carbonyl (C=O) groups is 2. The SMILES string of the molecule is COc1cc2oc(C)c(C)c2cc1/C(C)=C/C(=O)Nc1cccc(NC(C)=O)c1. The Hall–Kier alpha value is -3.54. The molecule has 29 heavy (non-hydrogen) atoms. The fourth-order valence-electron chi connectivity index (χ4n) is 3.18. The highest BCUT2D eigenvalue weighted by Gasteiger charge is 2.14. The van der Waals surface area contributed by atoms with Crippen LogP contribution in [0.4, 0.5) is 11.4 Å². The first kappa shape index (κ1) is 20.2. The Morgan fingerprint density at radius 1 is 1.03 bits per heavy atom. The van der Waals surface area contributed by atoms with Crippen molar-refractivity contribution >= 4 is 39.7 Å². The Balaban J connectivity index is 1.87. The highest BCUT2D eigenvalue weighted by Crippen LogP contribution is 2.34. The average molecular weight is 392 g/mol. The first-order chi connectivity index (χ1) is 13.8. The molecular weight excluding hydrogens is 368 g/mol. The number of furan rings is 1. The van der Waals surface area contributed by atoms with E-state index < -0.39 is 0 Å². The minimum Gasteiger partial charge on any atom is -0.496 e. The Labute approximate surface area is 169 Å². The van der Waals surface area contributed by atoms with Crippen molar-refractivity contribution in [3.05, 3.63) is 59.4 Å². The maximum absolute atomic E-state index is 12.5. The van der Waals surface area contributed by atoms with Crippen molar-refractivity contribution in [2.45, 2.75) is 27.7 Å². The van der Waals surface area contributed by atoms with E-state index in [9.17, 15) is 9.59 Å². The fraction of sp³-hybridized carbons (Fsp3) is 0.217. The van der Waals surface area contributed by atoms with Gasteiger partial charge in [-0.1, -0.05) is 6.07 Å². The lowest BCUT2D eigenvalue weighted by molar-refractivity contribution is -0.114. The normalized spacial score (nSPS) is 11.4. The van der Waals surface area contributed by atoms with Crippen molar-refractivity contribution in [3.63, 3.8) is 0 Å². The van der Waals surface area contributed by atoms with Gasteiger partial charge in [0.15, 0.2) is 0 Å². The number of methoxy groups -OCH3 is 1. The fourth-order valence-corrected chi connectivity index (χ4v) is 3.18. The van der Waals surface area contributed by atoms with Crippen LogP contribution in [-0.2, 0) is 9.59 Å². The monoisotopic (exact) mass is 392 g/mol. The molecule has 0 aliphatic rings. The van der Waals surface area contributed by atoms with Gasteiger partial charge in [-0.25, -0.2) is 0 Å². The lowest BCUT2D eigenvalue weighted by Crippen LogP contribution is -2.10. The van der Waals surface area contributed by atoms with E-state index in [0.29, 0.717) is 17.1 Å². The molecule has 0 aliphatic carbocycles. The van der Waals surface area contributed by atoms with Gasteiger partial charge in [0.1, 0.15) is 17.1 Å². The van der Waals surface area contributed by atoms with E-state index in [1.54, 1.807) is 31.4 Å². The summed E-state index contributed by atoms with van der Waals surface area (Å²) >= 11 is 0. The molecule has 0 saturated heterocycles. The summed E-state index contributed by atoms with van der Waals surface area (Å²) in [6.07, 6.45) is 1.52. The highest BCUT2D eigenvalue weighted by atomic mass is 16.5. The molecule has 0 spiro atoms. The second kappa shape index (κ2) is 8.22. The molecule has 1 aromatic heterocycles. The molecule has 6 nitrogen and oxygen atoms in total. The van der Waals surface area contributed by atoms with E-state index in [1.165, 1.54) is 13.0 Å². The molecule has 0 saturated carbocycles. The van der Waals surface area contributed by atoms with E-state index in [-0.39, 0.29) is 11.8 Å². The second-order valence-corrected chi connectivity index (χ2v) is 6.91. The quantitative estimate of drug-likeness (QED) is 0.595. The topological polar surface area (TPSA) is 80.6 Å². The molecule has 2 N–H and O–H groups in total. The molecule has 1 heterocycles. The Morgan fingerprint density at radius 2 is 1.72 bits per heavy atom. The minimum atomic E-state index is -0.273. The van der Waals surface area contributed by atoms with Gasteiger partial charge in [0, 0.05) is 41.4 Å². The maximum Gasteiger partial charge on any atom is 0.248 e. The number of benzene rings is 2. The van der Waals surface area contributed by atoms with Crippen LogP contribution < -0.4 is 15.4 Å². The lowest BCUT2D eigenvalue weighted by atomic mass is 10.0.